The molecule has 1 fully saturated rings. The summed E-state index contributed by atoms with van der Waals surface area (Å²) in [5.41, 5.74) is 0.166. The summed E-state index contributed by atoms with van der Waals surface area (Å²) in [7, 11) is 1.33. The van der Waals surface area contributed by atoms with Crippen molar-refractivity contribution < 1.29 is 23.5 Å². The number of ether oxygens (including phenoxy) is 1. The number of amides is 2. The molecule has 1 aliphatic rings. The highest BCUT2D eigenvalue weighted by Crippen LogP contribution is 2.18. The van der Waals surface area contributed by atoms with Crippen molar-refractivity contribution in [1.29, 1.82) is 0 Å². The molecule has 0 spiro atoms. The number of nitrogens with zero attached hydrogens (tertiary/aromatic N) is 1. The van der Waals surface area contributed by atoms with E-state index in [9.17, 15) is 18.8 Å². The largest absolute Gasteiger partial charge is 0.494 e. The number of imide groups is 1. The topological polar surface area (TPSA) is 75.7 Å². The summed E-state index contributed by atoms with van der Waals surface area (Å²) < 4.78 is 18.4. The third-order valence-corrected chi connectivity index (χ3v) is 3.36. The lowest BCUT2D eigenvalue weighted by Gasteiger charge is -2.30. The summed E-state index contributed by atoms with van der Waals surface area (Å²) >= 11 is 0. The molecule has 6 nitrogen and oxygen atoms in total. The van der Waals surface area contributed by atoms with Crippen LogP contribution in [-0.2, 0) is 9.59 Å². The van der Waals surface area contributed by atoms with Gasteiger partial charge in [0.05, 0.1) is 26.2 Å². The molecular weight excluding hydrogens is 279 g/mol. The number of halogens is 1. The zero-order chi connectivity index (χ0) is 15.6. The molecule has 1 saturated heterocycles. The van der Waals surface area contributed by atoms with Crippen LogP contribution in [0.15, 0.2) is 18.2 Å². The van der Waals surface area contributed by atoms with Crippen LogP contribution < -0.4 is 10.1 Å². The van der Waals surface area contributed by atoms with E-state index in [0.29, 0.717) is 0 Å². The second kappa shape index (κ2) is 6.01. The van der Waals surface area contributed by atoms with E-state index in [4.69, 9.17) is 4.74 Å². The predicted molar refractivity (Wildman–Crippen MR) is 71.5 cm³/mol. The highest BCUT2D eigenvalue weighted by atomic mass is 19.1. The van der Waals surface area contributed by atoms with Gasteiger partial charge in [-0.05, 0) is 25.1 Å². The fourth-order valence-electron chi connectivity index (χ4n) is 2.08. The molecule has 2 amide bonds. The molecule has 0 saturated carbocycles. The van der Waals surface area contributed by atoms with Crippen LogP contribution in [-0.4, -0.2) is 48.7 Å². The Morgan fingerprint density at radius 3 is 2.81 bits per heavy atom. The summed E-state index contributed by atoms with van der Waals surface area (Å²) in [6.07, 6.45) is 0. The van der Waals surface area contributed by atoms with Gasteiger partial charge in [-0.3, -0.25) is 24.6 Å². The van der Waals surface area contributed by atoms with Gasteiger partial charge in [0.15, 0.2) is 17.3 Å². The maximum Gasteiger partial charge on any atom is 0.243 e. The van der Waals surface area contributed by atoms with Crippen LogP contribution in [0.1, 0.15) is 17.3 Å². The number of methoxy groups -OCH3 is 1. The Morgan fingerprint density at radius 1 is 1.48 bits per heavy atom. The average Bonchev–Trinajstić information content (AvgIpc) is 2.44. The Labute approximate surface area is 120 Å². The van der Waals surface area contributed by atoms with E-state index >= 15 is 0 Å². The Balaban J connectivity index is 2.12. The summed E-state index contributed by atoms with van der Waals surface area (Å²) in [5.74, 6) is -1.85. The highest BCUT2D eigenvalue weighted by Gasteiger charge is 2.31. The molecule has 1 atom stereocenters. The molecule has 0 aliphatic carbocycles. The normalized spacial score (nSPS) is 19.3. The van der Waals surface area contributed by atoms with Gasteiger partial charge in [-0.15, -0.1) is 0 Å². The van der Waals surface area contributed by atoms with E-state index in [-0.39, 0.29) is 30.2 Å². The highest BCUT2D eigenvalue weighted by molar-refractivity contribution is 6.03. The molecule has 21 heavy (non-hydrogen) atoms. The number of hydrogen-bond donors (Lipinski definition) is 1. The molecule has 7 heteroatoms. The lowest BCUT2D eigenvalue weighted by Crippen LogP contribution is -2.57. The van der Waals surface area contributed by atoms with Gasteiger partial charge in [0.2, 0.25) is 11.8 Å². The Morgan fingerprint density at radius 2 is 2.19 bits per heavy atom. The van der Waals surface area contributed by atoms with Gasteiger partial charge in [-0.2, -0.15) is 0 Å². The first-order valence-electron chi connectivity index (χ1n) is 6.37. The van der Waals surface area contributed by atoms with Gasteiger partial charge >= 0.3 is 0 Å². The number of ketones is 1. The zero-order valence-electron chi connectivity index (χ0n) is 11.7. The van der Waals surface area contributed by atoms with Crippen molar-refractivity contribution in [1.82, 2.24) is 10.2 Å². The molecule has 1 N–H and O–H groups in total. The maximum atomic E-state index is 13.6. The first kappa shape index (κ1) is 15.1. The van der Waals surface area contributed by atoms with E-state index in [1.54, 1.807) is 6.92 Å². The van der Waals surface area contributed by atoms with Crippen molar-refractivity contribution >= 4 is 17.6 Å². The van der Waals surface area contributed by atoms with Gasteiger partial charge < -0.3 is 4.74 Å². The minimum absolute atomic E-state index is 0.0444. The minimum Gasteiger partial charge on any atom is -0.494 e. The molecule has 0 radical (unpaired) electrons. The predicted octanol–water partition coefficient (Wildman–Crippen LogP) is 0.364. The van der Waals surface area contributed by atoms with Crippen molar-refractivity contribution in [3.8, 4) is 5.75 Å². The van der Waals surface area contributed by atoms with Crippen molar-refractivity contribution in [3.05, 3.63) is 29.6 Å². The minimum atomic E-state index is -0.635. The van der Waals surface area contributed by atoms with Crippen LogP contribution in [0.4, 0.5) is 4.39 Å². The first-order chi connectivity index (χ1) is 9.92. The van der Waals surface area contributed by atoms with Crippen molar-refractivity contribution in [2.45, 2.75) is 13.0 Å². The summed E-state index contributed by atoms with van der Waals surface area (Å²) in [6.45, 7) is 1.42. The number of benzene rings is 1. The third-order valence-electron chi connectivity index (χ3n) is 3.36. The van der Waals surface area contributed by atoms with Gasteiger partial charge in [0, 0.05) is 5.56 Å². The lowest BCUT2D eigenvalue weighted by molar-refractivity contribution is -0.139. The number of rotatable bonds is 4. The van der Waals surface area contributed by atoms with Gasteiger partial charge in [-0.25, -0.2) is 4.39 Å². The van der Waals surface area contributed by atoms with Crippen LogP contribution in [0.25, 0.3) is 0 Å². The molecule has 1 heterocycles. The van der Waals surface area contributed by atoms with Crippen LogP contribution in [0.2, 0.25) is 0 Å². The number of hydrogen-bond acceptors (Lipinski definition) is 5. The van der Waals surface area contributed by atoms with E-state index < -0.39 is 23.7 Å². The Kier molecular flexibility index (Phi) is 4.32. The number of Topliss-reactive ketones (excluding diaryl/α,β-unsaturated/α-hetero) is 1. The second-order valence-corrected chi connectivity index (χ2v) is 4.77. The number of nitrogens with one attached hydrogen (secondary N) is 1. The van der Waals surface area contributed by atoms with E-state index in [2.05, 4.69) is 5.32 Å². The fourth-order valence-corrected chi connectivity index (χ4v) is 2.08. The standard InChI is InChI=1S/C14H15FN2O4/c1-8-14(20)16-13(19)7-17(8)6-11(18)9-3-4-12(21-2)10(15)5-9/h3-5,8H,6-7H2,1-2H3,(H,16,19,20). The van der Waals surface area contributed by atoms with E-state index in [0.717, 1.165) is 6.07 Å². The van der Waals surface area contributed by atoms with Crippen LogP contribution in [0.5, 0.6) is 5.75 Å². The number of carbonyl (C=O) groups excluding carboxylic acids is 3. The quantitative estimate of drug-likeness (QED) is 0.641. The monoisotopic (exact) mass is 294 g/mol. The first-order valence-corrected chi connectivity index (χ1v) is 6.37. The smallest absolute Gasteiger partial charge is 0.243 e. The fraction of sp³-hybridized carbons (Fsp3) is 0.357. The van der Waals surface area contributed by atoms with Crippen molar-refractivity contribution in [2.75, 3.05) is 20.2 Å². The summed E-state index contributed by atoms with van der Waals surface area (Å²) in [6, 6.07) is 3.30. The average molecular weight is 294 g/mol. The van der Waals surface area contributed by atoms with Gasteiger partial charge in [-0.1, -0.05) is 0 Å². The molecule has 1 aliphatic heterocycles. The third kappa shape index (κ3) is 3.25. The lowest BCUT2D eigenvalue weighted by atomic mass is 10.1. The summed E-state index contributed by atoms with van der Waals surface area (Å²) in [4.78, 5) is 36.4. The molecule has 0 aromatic heterocycles. The molecule has 2 rings (SSSR count). The molecular formula is C14H15FN2O4. The zero-order valence-corrected chi connectivity index (χ0v) is 11.7. The maximum absolute atomic E-state index is 13.6. The molecule has 112 valence electrons. The van der Waals surface area contributed by atoms with E-state index in [1.807, 2.05) is 0 Å². The van der Waals surface area contributed by atoms with Gasteiger partial charge in [0.25, 0.3) is 0 Å². The summed E-state index contributed by atoms with van der Waals surface area (Å²) in [5, 5.41) is 2.19. The number of carbonyl (C=O) groups is 3. The van der Waals surface area contributed by atoms with Crippen LogP contribution in [0.3, 0.4) is 0 Å². The Bertz CT molecular complexity index is 603. The van der Waals surface area contributed by atoms with E-state index in [1.165, 1.54) is 24.1 Å². The van der Waals surface area contributed by atoms with Crippen molar-refractivity contribution in [2.24, 2.45) is 0 Å². The van der Waals surface area contributed by atoms with Crippen LogP contribution in [0, 0.1) is 5.82 Å². The SMILES string of the molecule is COc1ccc(C(=O)CN2CC(=O)NC(=O)C2C)cc1F. The molecule has 1 aromatic carbocycles. The Hall–Kier alpha value is -2.28. The number of piperazine rings is 1. The molecule has 1 aromatic rings. The van der Waals surface area contributed by atoms with Crippen LogP contribution >= 0.6 is 0 Å². The van der Waals surface area contributed by atoms with Gasteiger partial charge in [0.1, 0.15) is 0 Å². The molecule has 1 unspecified atom stereocenters. The second-order valence-electron chi connectivity index (χ2n) is 4.77. The van der Waals surface area contributed by atoms with Crippen molar-refractivity contribution in [3.63, 3.8) is 0 Å². The molecule has 0 bridgehead atoms.